The zero-order chi connectivity index (χ0) is 19.6. The molecular weight excluding hydrogens is 366 g/mol. The van der Waals surface area contributed by atoms with E-state index in [1.165, 1.54) is 6.07 Å². The van der Waals surface area contributed by atoms with Crippen molar-refractivity contribution in [1.29, 1.82) is 0 Å². The van der Waals surface area contributed by atoms with E-state index >= 15 is 0 Å². The molecular formula is C19H20ClN5O2. The fourth-order valence-corrected chi connectivity index (χ4v) is 3.03. The first-order chi connectivity index (χ1) is 12.8. The smallest absolute Gasteiger partial charge is 0.252 e. The normalized spacial score (nSPS) is 10.8. The van der Waals surface area contributed by atoms with Gasteiger partial charge in [-0.25, -0.2) is 9.67 Å². The SMILES string of the molecule is Cc1cc(=O)[nH]c(-n2nc(C)c(CCC(=O)Nc3ccc(Cl)cc3)c2C)n1. The van der Waals surface area contributed by atoms with Gasteiger partial charge in [-0.1, -0.05) is 11.6 Å². The monoisotopic (exact) mass is 385 g/mol. The highest BCUT2D eigenvalue weighted by Gasteiger charge is 2.15. The molecule has 0 spiro atoms. The Morgan fingerprint density at radius 2 is 1.93 bits per heavy atom. The molecule has 0 saturated carbocycles. The fraction of sp³-hybridized carbons (Fsp3) is 0.263. The van der Waals surface area contributed by atoms with Gasteiger partial charge in [0.05, 0.1) is 5.69 Å². The molecule has 2 N–H and O–H groups in total. The highest BCUT2D eigenvalue weighted by Crippen LogP contribution is 2.18. The molecule has 27 heavy (non-hydrogen) atoms. The van der Waals surface area contributed by atoms with E-state index in [2.05, 4.69) is 20.4 Å². The van der Waals surface area contributed by atoms with Crippen LogP contribution in [0.4, 0.5) is 5.69 Å². The van der Waals surface area contributed by atoms with E-state index in [9.17, 15) is 9.59 Å². The third-order valence-electron chi connectivity index (χ3n) is 4.23. The number of rotatable bonds is 5. The van der Waals surface area contributed by atoms with Gasteiger partial charge < -0.3 is 5.32 Å². The second-order valence-electron chi connectivity index (χ2n) is 6.33. The Kier molecular flexibility index (Phi) is 5.41. The van der Waals surface area contributed by atoms with Crippen LogP contribution in [0, 0.1) is 20.8 Å². The van der Waals surface area contributed by atoms with E-state index in [0.717, 1.165) is 17.0 Å². The van der Waals surface area contributed by atoms with E-state index < -0.39 is 0 Å². The van der Waals surface area contributed by atoms with Crippen molar-refractivity contribution in [3.8, 4) is 5.95 Å². The number of H-pyrrole nitrogens is 1. The van der Waals surface area contributed by atoms with Crippen LogP contribution in [0.25, 0.3) is 5.95 Å². The van der Waals surface area contributed by atoms with Crippen LogP contribution in [-0.4, -0.2) is 25.7 Å². The van der Waals surface area contributed by atoms with E-state index in [1.54, 1.807) is 35.9 Å². The fourth-order valence-electron chi connectivity index (χ4n) is 2.90. The number of carbonyl (C=O) groups is 1. The predicted molar refractivity (Wildman–Crippen MR) is 105 cm³/mol. The highest BCUT2D eigenvalue weighted by atomic mass is 35.5. The van der Waals surface area contributed by atoms with Crippen LogP contribution in [0.3, 0.4) is 0 Å². The first-order valence-corrected chi connectivity index (χ1v) is 8.90. The minimum Gasteiger partial charge on any atom is -0.326 e. The lowest BCUT2D eigenvalue weighted by Gasteiger charge is -2.07. The van der Waals surface area contributed by atoms with Crippen LogP contribution in [0.15, 0.2) is 35.1 Å². The summed E-state index contributed by atoms with van der Waals surface area (Å²) in [6, 6.07) is 8.40. The van der Waals surface area contributed by atoms with Gasteiger partial charge in [-0.15, -0.1) is 0 Å². The molecule has 0 aliphatic heterocycles. The van der Waals surface area contributed by atoms with Gasteiger partial charge in [-0.3, -0.25) is 14.6 Å². The average Bonchev–Trinajstić information content (AvgIpc) is 2.88. The van der Waals surface area contributed by atoms with Gasteiger partial charge in [-0.2, -0.15) is 5.10 Å². The molecule has 2 heterocycles. The number of nitrogens with one attached hydrogen (secondary N) is 2. The van der Waals surface area contributed by atoms with Crippen LogP contribution in [-0.2, 0) is 11.2 Å². The van der Waals surface area contributed by atoms with Crippen LogP contribution in [0.2, 0.25) is 5.02 Å². The maximum absolute atomic E-state index is 12.2. The summed E-state index contributed by atoms with van der Waals surface area (Å²) in [7, 11) is 0. The summed E-state index contributed by atoms with van der Waals surface area (Å²) in [4.78, 5) is 31.0. The molecule has 2 aromatic heterocycles. The number of halogens is 1. The topological polar surface area (TPSA) is 92.7 Å². The number of amides is 1. The van der Waals surface area contributed by atoms with E-state index in [1.807, 2.05) is 13.8 Å². The Balaban J connectivity index is 1.74. The van der Waals surface area contributed by atoms with Gasteiger partial charge in [0, 0.05) is 34.6 Å². The molecule has 0 unspecified atom stereocenters. The van der Waals surface area contributed by atoms with E-state index in [4.69, 9.17) is 11.6 Å². The summed E-state index contributed by atoms with van der Waals surface area (Å²) in [5.74, 6) is 0.281. The Bertz CT molecular complexity index is 1040. The summed E-state index contributed by atoms with van der Waals surface area (Å²) < 4.78 is 1.61. The Morgan fingerprint density at radius 1 is 1.22 bits per heavy atom. The molecule has 0 atom stereocenters. The summed E-state index contributed by atoms with van der Waals surface area (Å²) in [5.41, 5.74) is 3.70. The Hall–Kier alpha value is -2.93. The van der Waals surface area contributed by atoms with E-state index in [-0.39, 0.29) is 11.5 Å². The molecule has 0 saturated heterocycles. The molecule has 0 fully saturated rings. The van der Waals surface area contributed by atoms with Crippen molar-refractivity contribution in [3.05, 3.63) is 68.4 Å². The zero-order valence-electron chi connectivity index (χ0n) is 15.3. The molecule has 7 nitrogen and oxygen atoms in total. The molecule has 140 valence electrons. The van der Waals surface area contributed by atoms with Crippen LogP contribution in [0.1, 0.15) is 29.1 Å². The van der Waals surface area contributed by atoms with Crippen LogP contribution < -0.4 is 10.9 Å². The lowest BCUT2D eigenvalue weighted by molar-refractivity contribution is -0.116. The number of nitrogens with zero attached hydrogens (tertiary/aromatic N) is 3. The third-order valence-corrected chi connectivity index (χ3v) is 4.48. The number of hydrogen-bond donors (Lipinski definition) is 2. The van der Waals surface area contributed by atoms with Crippen molar-refractivity contribution in [2.24, 2.45) is 0 Å². The van der Waals surface area contributed by atoms with Gasteiger partial charge in [0.1, 0.15) is 0 Å². The van der Waals surface area contributed by atoms with Crippen molar-refractivity contribution in [2.45, 2.75) is 33.6 Å². The van der Waals surface area contributed by atoms with E-state index in [0.29, 0.717) is 35.2 Å². The van der Waals surface area contributed by atoms with Gasteiger partial charge in [0.2, 0.25) is 11.9 Å². The minimum atomic E-state index is -0.228. The van der Waals surface area contributed by atoms with Crippen molar-refractivity contribution in [2.75, 3.05) is 5.32 Å². The summed E-state index contributed by atoms with van der Waals surface area (Å²) in [5, 5.41) is 7.94. The zero-order valence-corrected chi connectivity index (χ0v) is 16.1. The van der Waals surface area contributed by atoms with Crippen LogP contribution in [0.5, 0.6) is 0 Å². The number of aromatic nitrogens is 4. The maximum atomic E-state index is 12.2. The van der Waals surface area contributed by atoms with Gasteiger partial charge in [0.25, 0.3) is 5.56 Å². The van der Waals surface area contributed by atoms with Crippen molar-refractivity contribution >= 4 is 23.2 Å². The molecule has 3 rings (SSSR count). The predicted octanol–water partition coefficient (Wildman–Crippen LogP) is 3.11. The molecule has 0 radical (unpaired) electrons. The molecule has 3 aromatic rings. The lowest BCUT2D eigenvalue weighted by atomic mass is 10.1. The number of benzene rings is 1. The van der Waals surface area contributed by atoms with Crippen molar-refractivity contribution in [3.63, 3.8) is 0 Å². The quantitative estimate of drug-likeness (QED) is 0.705. The number of anilines is 1. The first-order valence-electron chi connectivity index (χ1n) is 8.52. The molecule has 1 amide bonds. The molecule has 1 aromatic carbocycles. The minimum absolute atomic E-state index is 0.0917. The number of hydrogen-bond acceptors (Lipinski definition) is 4. The van der Waals surface area contributed by atoms with Gasteiger partial charge in [0.15, 0.2) is 0 Å². The van der Waals surface area contributed by atoms with Crippen LogP contribution >= 0.6 is 11.6 Å². The second kappa shape index (κ2) is 7.75. The maximum Gasteiger partial charge on any atom is 0.252 e. The van der Waals surface area contributed by atoms with Gasteiger partial charge in [-0.05, 0) is 57.0 Å². The summed E-state index contributed by atoms with van der Waals surface area (Å²) >= 11 is 5.85. The Morgan fingerprint density at radius 3 is 2.59 bits per heavy atom. The second-order valence-corrected chi connectivity index (χ2v) is 6.76. The average molecular weight is 386 g/mol. The highest BCUT2D eigenvalue weighted by molar-refractivity contribution is 6.30. The number of carbonyl (C=O) groups excluding carboxylic acids is 1. The Labute approximate surface area is 161 Å². The van der Waals surface area contributed by atoms with Crippen molar-refractivity contribution < 1.29 is 4.79 Å². The largest absolute Gasteiger partial charge is 0.326 e. The van der Waals surface area contributed by atoms with Crippen molar-refractivity contribution in [1.82, 2.24) is 19.7 Å². The summed E-state index contributed by atoms with van der Waals surface area (Å²) in [6.07, 6.45) is 0.848. The lowest BCUT2D eigenvalue weighted by Crippen LogP contribution is -2.15. The van der Waals surface area contributed by atoms with Gasteiger partial charge >= 0.3 is 0 Å². The number of aryl methyl sites for hydroxylation is 2. The number of aromatic amines is 1. The third kappa shape index (κ3) is 4.43. The molecule has 0 aliphatic carbocycles. The first kappa shape index (κ1) is 18.8. The summed E-state index contributed by atoms with van der Waals surface area (Å²) in [6.45, 7) is 5.53. The molecule has 0 aliphatic rings. The standard InChI is InChI=1S/C19H20ClN5O2/c1-11-10-18(27)23-19(21-11)25-13(3)16(12(2)24-25)8-9-17(26)22-15-6-4-14(20)5-7-15/h4-7,10H,8-9H2,1-3H3,(H,22,26)(H,21,23,27). The molecule has 8 heteroatoms. The molecule has 0 bridgehead atoms.